The predicted octanol–water partition coefficient (Wildman–Crippen LogP) is 3.92. The highest BCUT2D eigenvalue weighted by molar-refractivity contribution is 6.30. The van der Waals surface area contributed by atoms with E-state index in [2.05, 4.69) is 4.98 Å². The van der Waals surface area contributed by atoms with Crippen LogP contribution in [0.3, 0.4) is 0 Å². The number of carbonyl (C=O) groups is 1. The average Bonchev–Trinajstić information content (AvgIpc) is 2.33. The average molecular weight is 278 g/mol. The Morgan fingerprint density at radius 2 is 2.00 bits per heavy atom. The van der Waals surface area contributed by atoms with Gasteiger partial charge in [0, 0.05) is 28.4 Å². The van der Waals surface area contributed by atoms with Crippen molar-refractivity contribution < 1.29 is 9.18 Å². The van der Waals surface area contributed by atoms with Gasteiger partial charge in [-0.3, -0.25) is 9.78 Å². The van der Waals surface area contributed by atoms with E-state index in [0.717, 1.165) is 5.69 Å². The van der Waals surface area contributed by atoms with Crippen molar-refractivity contribution >= 4 is 17.4 Å². The number of aryl methyl sites for hydroxylation is 2. The first kappa shape index (κ1) is 13.7. The molecule has 0 N–H and O–H groups in total. The van der Waals surface area contributed by atoms with Gasteiger partial charge >= 0.3 is 0 Å². The summed E-state index contributed by atoms with van der Waals surface area (Å²) in [5, 5.41) is 0.419. The fraction of sp³-hybridized carbons (Fsp3) is 0.200. The third-order valence-corrected chi connectivity index (χ3v) is 3.12. The van der Waals surface area contributed by atoms with Crippen LogP contribution in [0, 0.1) is 19.7 Å². The first-order chi connectivity index (χ1) is 8.97. The molecule has 0 fully saturated rings. The van der Waals surface area contributed by atoms with Crippen LogP contribution in [-0.4, -0.2) is 10.8 Å². The SMILES string of the molecule is Cc1ccc(C(=O)Cc2cc(Cl)ccc2F)c(C)n1. The number of carbonyl (C=O) groups excluding carboxylic acids is 1. The Morgan fingerprint density at radius 3 is 2.68 bits per heavy atom. The number of aromatic nitrogens is 1. The van der Waals surface area contributed by atoms with E-state index < -0.39 is 5.82 Å². The molecule has 19 heavy (non-hydrogen) atoms. The summed E-state index contributed by atoms with van der Waals surface area (Å²) < 4.78 is 13.6. The van der Waals surface area contributed by atoms with Crippen molar-refractivity contribution in [2.75, 3.05) is 0 Å². The summed E-state index contributed by atoms with van der Waals surface area (Å²) in [5.41, 5.74) is 2.33. The Morgan fingerprint density at radius 1 is 1.26 bits per heavy atom. The molecule has 0 radical (unpaired) electrons. The zero-order chi connectivity index (χ0) is 14.0. The van der Waals surface area contributed by atoms with Crippen molar-refractivity contribution in [2.24, 2.45) is 0 Å². The lowest BCUT2D eigenvalue weighted by atomic mass is 10.0. The lowest BCUT2D eigenvalue weighted by Gasteiger charge is -2.06. The third-order valence-electron chi connectivity index (χ3n) is 2.88. The molecule has 4 heteroatoms. The first-order valence-corrected chi connectivity index (χ1v) is 6.26. The van der Waals surface area contributed by atoms with Crippen molar-refractivity contribution in [1.82, 2.24) is 4.98 Å². The van der Waals surface area contributed by atoms with Gasteiger partial charge in [0.15, 0.2) is 5.78 Å². The minimum Gasteiger partial charge on any atom is -0.294 e. The summed E-state index contributed by atoms with van der Waals surface area (Å²) in [6.07, 6.45) is -0.0159. The van der Waals surface area contributed by atoms with E-state index >= 15 is 0 Å². The summed E-state index contributed by atoms with van der Waals surface area (Å²) >= 11 is 5.81. The smallest absolute Gasteiger partial charge is 0.169 e. The Hall–Kier alpha value is -1.74. The Bertz CT molecular complexity index is 640. The maximum atomic E-state index is 13.6. The van der Waals surface area contributed by atoms with E-state index in [4.69, 9.17) is 11.6 Å². The highest BCUT2D eigenvalue weighted by atomic mass is 35.5. The minimum atomic E-state index is -0.421. The molecule has 2 nitrogen and oxygen atoms in total. The van der Waals surface area contributed by atoms with Crippen LogP contribution in [-0.2, 0) is 6.42 Å². The van der Waals surface area contributed by atoms with Gasteiger partial charge in [0.2, 0.25) is 0 Å². The first-order valence-electron chi connectivity index (χ1n) is 5.89. The van der Waals surface area contributed by atoms with Gasteiger partial charge in [0.25, 0.3) is 0 Å². The second kappa shape index (κ2) is 5.49. The number of pyridine rings is 1. The summed E-state index contributed by atoms with van der Waals surface area (Å²) in [5.74, 6) is -0.582. The highest BCUT2D eigenvalue weighted by Gasteiger charge is 2.13. The highest BCUT2D eigenvalue weighted by Crippen LogP contribution is 2.18. The zero-order valence-electron chi connectivity index (χ0n) is 10.7. The van der Waals surface area contributed by atoms with Crippen molar-refractivity contribution in [2.45, 2.75) is 20.3 Å². The largest absolute Gasteiger partial charge is 0.294 e. The van der Waals surface area contributed by atoms with E-state index in [1.54, 1.807) is 19.1 Å². The van der Waals surface area contributed by atoms with Crippen LogP contribution in [0.5, 0.6) is 0 Å². The van der Waals surface area contributed by atoms with Gasteiger partial charge in [-0.25, -0.2) is 4.39 Å². The summed E-state index contributed by atoms with van der Waals surface area (Å²) in [6, 6.07) is 7.71. The second-order valence-corrected chi connectivity index (χ2v) is 4.86. The molecule has 0 aliphatic carbocycles. The van der Waals surface area contributed by atoms with Gasteiger partial charge in [0.1, 0.15) is 5.82 Å². The van der Waals surface area contributed by atoms with Crippen LogP contribution in [0.15, 0.2) is 30.3 Å². The number of halogens is 2. The van der Waals surface area contributed by atoms with Crippen molar-refractivity contribution in [3.63, 3.8) is 0 Å². The predicted molar refractivity (Wildman–Crippen MR) is 73.2 cm³/mol. The van der Waals surface area contributed by atoms with Gasteiger partial charge in [-0.05, 0) is 49.7 Å². The number of rotatable bonds is 3. The van der Waals surface area contributed by atoms with Gasteiger partial charge < -0.3 is 0 Å². The monoisotopic (exact) mass is 277 g/mol. The summed E-state index contributed by atoms with van der Waals surface area (Å²) in [7, 11) is 0. The molecule has 2 rings (SSSR count). The molecular formula is C15H13ClFNO. The maximum Gasteiger partial charge on any atom is 0.169 e. The third kappa shape index (κ3) is 3.18. The van der Waals surface area contributed by atoms with Gasteiger partial charge in [-0.1, -0.05) is 11.6 Å². The van der Waals surface area contributed by atoms with Crippen LogP contribution in [0.4, 0.5) is 4.39 Å². The molecule has 0 saturated carbocycles. The number of hydrogen-bond donors (Lipinski definition) is 0. The number of Topliss-reactive ketones (excluding diaryl/α,β-unsaturated/α-hetero) is 1. The lowest BCUT2D eigenvalue weighted by Crippen LogP contribution is -2.08. The Balaban J connectivity index is 2.28. The van der Waals surface area contributed by atoms with Crippen molar-refractivity contribution in [1.29, 1.82) is 0 Å². The standard InChI is InChI=1S/C15H13ClFNO/c1-9-3-5-13(10(2)18-9)15(19)8-11-7-12(16)4-6-14(11)17/h3-7H,8H2,1-2H3. The lowest BCUT2D eigenvalue weighted by molar-refractivity contribution is 0.0991. The van der Waals surface area contributed by atoms with E-state index in [1.165, 1.54) is 18.2 Å². The maximum absolute atomic E-state index is 13.6. The Labute approximate surface area is 116 Å². The summed E-state index contributed by atoms with van der Waals surface area (Å²) in [4.78, 5) is 16.4. The van der Waals surface area contributed by atoms with Crippen molar-refractivity contribution in [3.8, 4) is 0 Å². The van der Waals surface area contributed by atoms with E-state index in [1.807, 2.05) is 6.92 Å². The number of nitrogens with zero attached hydrogens (tertiary/aromatic N) is 1. The van der Waals surface area contributed by atoms with Crippen LogP contribution < -0.4 is 0 Å². The second-order valence-electron chi connectivity index (χ2n) is 4.42. The van der Waals surface area contributed by atoms with Crippen LogP contribution in [0.1, 0.15) is 27.3 Å². The number of hydrogen-bond acceptors (Lipinski definition) is 2. The number of benzene rings is 1. The molecule has 2 aromatic rings. The van der Waals surface area contributed by atoms with E-state index in [0.29, 0.717) is 21.8 Å². The molecular weight excluding hydrogens is 265 g/mol. The topological polar surface area (TPSA) is 30.0 Å². The van der Waals surface area contributed by atoms with E-state index in [-0.39, 0.29) is 12.2 Å². The zero-order valence-corrected chi connectivity index (χ0v) is 11.5. The quantitative estimate of drug-likeness (QED) is 0.796. The molecule has 0 bridgehead atoms. The van der Waals surface area contributed by atoms with Crippen LogP contribution in [0.2, 0.25) is 5.02 Å². The van der Waals surface area contributed by atoms with Crippen LogP contribution >= 0.6 is 11.6 Å². The normalized spacial score (nSPS) is 10.5. The van der Waals surface area contributed by atoms with Crippen LogP contribution in [0.25, 0.3) is 0 Å². The molecule has 1 aromatic heterocycles. The molecule has 0 spiro atoms. The minimum absolute atomic E-state index is 0.0159. The van der Waals surface area contributed by atoms with Gasteiger partial charge in [-0.15, -0.1) is 0 Å². The molecule has 0 aliphatic rings. The fourth-order valence-electron chi connectivity index (χ4n) is 1.93. The Kier molecular flexibility index (Phi) is 3.96. The number of ketones is 1. The molecule has 0 saturated heterocycles. The molecule has 1 heterocycles. The van der Waals surface area contributed by atoms with Crippen molar-refractivity contribution in [3.05, 3.63) is 63.7 Å². The molecule has 0 atom stereocenters. The molecule has 98 valence electrons. The molecule has 0 aliphatic heterocycles. The molecule has 0 unspecified atom stereocenters. The molecule has 0 amide bonds. The van der Waals surface area contributed by atoms with Gasteiger partial charge in [-0.2, -0.15) is 0 Å². The van der Waals surface area contributed by atoms with E-state index in [9.17, 15) is 9.18 Å². The molecule has 1 aromatic carbocycles. The summed E-state index contributed by atoms with van der Waals surface area (Å²) in [6.45, 7) is 3.63. The fourth-order valence-corrected chi connectivity index (χ4v) is 2.12. The van der Waals surface area contributed by atoms with Gasteiger partial charge in [0.05, 0.1) is 0 Å².